The van der Waals surface area contributed by atoms with E-state index in [-0.39, 0.29) is 24.0 Å². The lowest BCUT2D eigenvalue weighted by Crippen LogP contribution is -2.36. The number of guanidine groups is 1. The molecule has 0 spiro atoms. The minimum atomic E-state index is 0. The van der Waals surface area contributed by atoms with Gasteiger partial charge in [0, 0.05) is 39.4 Å². The molecule has 0 radical (unpaired) electrons. The summed E-state index contributed by atoms with van der Waals surface area (Å²) in [5, 5.41) is 6.80. The summed E-state index contributed by atoms with van der Waals surface area (Å²) < 4.78 is 11.0. The van der Waals surface area contributed by atoms with Crippen molar-refractivity contribution in [2.24, 2.45) is 4.99 Å². The van der Waals surface area contributed by atoms with Gasteiger partial charge in [-0.2, -0.15) is 0 Å². The standard InChI is InChI=1S/C23H34N4O2.HI/c1-18-10-11-20(22(14-18)29-13-12-28-5)16-26-23(24-2)25-15-19-8-6-7-9-21(19)17-27(3)4;/h6-11,14H,12-13,15-17H2,1-5H3,(H2,24,25,26);1H. The average Bonchev–Trinajstić information content (AvgIpc) is 2.70. The number of benzene rings is 2. The van der Waals surface area contributed by atoms with Crippen molar-refractivity contribution in [2.75, 3.05) is 41.5 Å². The monoisotopic (exact) mass is 526 g/mol. The van der Waals surface area contributed by atoms with Crippen molar-refractivity contribution in [3.05, 3.63) is 64.7 Å². The van der Waals surface area contributed by atoms with Gasteiger partial charge in [0.15, 0.2) is 5.96 Å². The van der Waals surface area contributed by atoms with E-state index in [2.05, 4.69) is 84.0 Å². The molecule has 0 amide bonds. The average molecular weight is 526 g/mol. The molecule has 0 unspecified atom stereocenters. The first-order valence-corrected chi connectivity index (χ1v) is 9.90. The molecule has 30 heavy (non-hydrogen) atoms. The molecule has 166 valence electrons. The van der Waals surface area contributed by atoms with Crippen molar-refractivity contribution in [3.8, 4) is 5.75 Å². The van der Waals surface area contributed by atoms with Crippen molar-refractivity contribution in [3.63, 3.8) is 0 Å². The lowest BCUT2D eigenvalue weighted by atomic mass is 10.1. The Morgan fingerprint density at radius 2 is 1.63 bits per heavy atom. The molecule has 7 heteroatoms. The number of ether oxygens (including phenoxy) is 2. The normalized spacial score (nSPS) is 11.2. The van der Waals surface area contributed by atoms with E-state index in [4.69, 9.17) is 9.47 Å². The molecule has 0 fully saturated rings. The van der Waals surface area contributed by atoms with Crippen LogP contribution in [-0.2, 0) is 24.4 Å². The number of aliphatic imine (C=N–C) groups is 1. The van der Waals surface area contributed by atoms with Gasteiger partial charge in [-0.15, -0.1) is 24.0 Å². The number of methoxy groups -OCH3 is 1. The fourth-order valence-corrected chi connectivity index (χ4v) is 2.98. The van der Waals surface area contributed by atoms with Crippen LogP contribution >= 0.6 is 24.0 Å². The van der Waals surface area contributed by atoms with Crippen LogP contribution in [0.15, 0.2) is 47.5 Å². The highest BCUT2D eigenvalue weighted by Gasteiger charge is 2.07. The Labute approximate surface area is 198 Å². The highest BCUT2D eigenvalue weighted by molar-refractivity contribution is 14.0. The van der Waals surface area contributed by atoms with E-state index in [1.54, 1.807) is 14.2 Å². The first-order chi connectivity index (χ1) is 14.0. The second kappa shape index (κ2) is 14.2. The molecule has 0 aromatic heterocycles. The SMILES string of the molecule is CN=C(NCc1ccccc1CN(C)C)NCc1ccc(C)cc1OCCOC.I. The molecule has 2 aromatic carbocycles. The molecule has 0 aliphatic heterocycles. The van der Waals surface area contributed by atoms with Crippen LogP contribution in [0.2, 0.25) is 0 Å². The van der Waals surface area contributed by atoms with Gasteiger partial charge in [-0.25, -0.2) is 0 Å². The summed E-state index contributed by atoms with van der Waals surface area (Å²) in [7, 11) is 7.62. The van der Waals surface area contributed by atoms with Crippen LogP contribution in [0, 0.1) is 6.92 Å². The van der Waals surface area contributed by atoms with Gasteiger partial charge < -0.3 is 25.0 Å². The van der Waals surface area contributed by atoms with Crippen molar-refractivity contribution >= 4 is 29.9 Å². The molecule has 0 saturated carbocycles. The van der Waals surface area contributed by atoms with Gasteiger partial charge in [0.05, 0.1) is 6.61 Å². The van der Waals surface area contributed by atoms with Gasteiger partial charge >= 0.3 is 0 Å². The van der Waals surface area contributed by atoms with Crippen LogP contribution in [0.4, 0.5) is 0 Å². The fourth-order valence-electron chi connectivity index (χ4n) is 2.98. The molecule has 0 aliphatic rings. The van der Waals surface area contributed by atoms with E-state index < -0.39 is 0 Å². The Hall–Kier alpha value is -1.84. The van der Waals surface area contributed by atoms with Crippen LogP contribution in [-0.4, -0.2) is 52.3 Å². The quantitative estimate of drug-likeness (QED) is 0.215. The topological polar surface area (TPSA) is 58.1 Å². The van der Waals surface area contributed by atoms with Gasteiger partial charge in [0.25, 0.3) is 0 Å². The highest BCUT2D eigenvalue weighted by Crippen LogP contribution is 2.20. The fraction of sp³-hybridized carbons (Fsp3) is 0.435. The minimum absolute atomic E-state index is 0. The van der Waals surface area contributed by atoms with E-state index in [1.807, 2.05) is 0 Å². The lowest BCUT2D eigenvalue weighted by Gasteiger charge is -2.17. The van der Waals surface area contributed by atoms with Crippen LogP contribution < -0.4 is 15.4 Å². The van der Waals surface area contributed by atoms with E-state index in [9.17, 15) is 0 Å². The van der Waals surface area contributed by atoms with E-state index in [0.29, 0.717) is 19.8 Å². The maximum absolute atomic E-state index is 5.88. The summed E-state index contributed by atoms with van der Waals surface area (Å²) in [5.74, 6) is 1.63. The molecule has 2 N–H and O–H groups in total. The van der Waals surface area contributed by atoms with Crippen LogP contribution in [0.3, 0.4) is 0 Å². The number of aryl methyl sites for hydroxylation is 1. The predicted octanol–water partition coefficient (Wildman–Crippen LogP) is 3.57. The summed E-state index contributed by atoms with van der Waals surface area (Å²) in [4.78, 5) is 6.53. The second-order valence-electron chi connectivity index (χ2n) is 7.24. The van der Waals surface area contributed by atoms with Gasteiger partial charge in [-0.05, 0) is 43.8 Å². The molecule has 0 saturated heterocycles. The molecule has 0 atom stereocenters. The zero-order chi connectivity index (χ0) is 21.1. The van der Waals surface area contributed by atoms with Gasteiger partial charge in [-0.1, -0.05) is 36.4 Å². The molecule has 0 aliphatic carbocycles. The smallest absolute Gasteiger partial charge is 0.191 e. The molecule has 2 aromatic rings. The van der Waals surface area contributed by atoms with Crippen molar-refractivity contribution in [2.45, 2.75) is 26.6 Å². The lowest BCUT2D eigenvalue weighted by molar-refractivity contribution is 0.145. The number of hydrogen-bond acceptors (Lipinski definition) is 4. The zero-order valence-corrected chi connectivity index (χ0v) is 21.0. The molecule has 2 rings (SSSR count). The molecular weight excluding hydrogens is 491 g/mol. The summed E-state index contributed by atoms with van der Waals surface area (Å²) in [6.45, 7) is 5.41. The van der Waals surface area contributed by atoms with E-state index >= 15 is 0 Å². The Morgan fingerprint density at radius 1 is 0.967 bits per heavy atom. The number of halogens is 1. The Kier molecular flexibility index (Phi) is 12.4. The van der Waals surface area contributed by atoms with Crippen LogP contribution in [0.1, 0.15) is 22.3 Å². The molecule has 6 nitrogen and oxygen atoms in total. The molecule has 0 bridgehead atoms. The van der Waals surface area contributed by atoms with E-state index in [0.717, 1.165) is 30.4 Å². The van der Waals surface area contributed by atoms with Crippen molar-refractivity contribution in [1.29, 1.82) is 0 Å². The number of rotatable bonds is 10. The number of nitrogens with one attached hydrogen (secondary N) is 2. The largest absolute Gasteiger partial charge is 0.491 e. The third-order valence-corrected chi connectivity index (χ3v) is 4.49. The Morgan fingerprint density at radius 3 is 2.27 bits per heavy atom. The first-order valence-electron chi connectivity index (χ1n) is 9.90. The highest BCUT2D eigenvalue weighted by atomic mass is 127. The Balaban J connectivity index is 0.00000450. The summed E-state index contributed by atoms with van der Waals surface area (Å²) in [6, 6.07) is 14.7. The number of nitrogens with zero attached hydrogens (tertiary/aromatic N) is 2. The third kappa shape index (κ3) is 8.89. The zero-order valence-electron chi connectivity index (χ0n) is 18.7. The summed E-state index contributed by atoms with van der Waals surface area (Å²) in [5.41, 5.74) is 4.83. The van der Waals surface area contributed by atoms with Gasteiger partial charge in [-0.3, -0.25) is 4.99 Å². The van der Waals surface area contributed by atoms with Crippen molar-refractivity contribution in [1.82, 2.24) is 15.5 Å². The maximum atomic E-state index is 5.88. The number of hydrogen-bond donors (Lipinski definition) is 2. The molecular formula is C23H35IN4O2. The van der Waals surface area contributed by atoms with E-state index in [1.165, 1.54) is 16.7 Å². The minimum Gasteiger partial charge on any atom is -0.491 e. The van der Waals surface area contributed by atoms with Gasteiger partial charge in [0.2, 0.25) is 0 Å². The maximum Gasteiger partial charge on any atom is 0.191 e. The predicted molar refractivity (Wildman–Crippen MR) is 135 cm³/mol. The van der Waals surface area contributed by atoms with Crippen LogP contribution in [0.25, 0.3) is 0 Å². The summed E-state index contributed by atoms with van der Waals surface area (Å²) >= 11 is 0. The summed E-state index contributed by atoms with van der Waals surface area (Å²) in [6.07, 6.45) is 0. The molecule has 0 heterocycles. The first kappa shape index (κ1) is 26.2. The van der Waals surface area contributed by atoms with Gasteiger partial charge in [0.1, 0.15) is 12.4 Å². The third-order valence-electron chi connectivity index (χ3n) is 4.49. The second-order valence-corrected chi connectivity index (χ2v) is 7.24. The Bertz CT molecular complexity index is 797. The van der Waals surface area contributed by atoms with Crippen molar-refractivity contribution < 1.29 is 9.47 Å². The van der Waals surface area contributed by atoms with Crippen LogP contribution in [0.5, 0.6) is 5.75 Å².